The van der Waals surface area contributed by atoms with Crippen LogP contribution >= 0.6 is 0 Å². The molecule has 0 aliphatic heterocycles. The van der Waals surface area contributed by atoms with E-state index in [4.69, 9.17) is 0 Å². The fraction of sp³-hybridized carbons (Fsp3) is 1.00. The molecule has 0 aliphatic carbocycles. The highest BCUT2D eigenvalue weighted by molar-refractivity contribution is 6.61. The van der Waals surface area contributed by atoms with Gasteiger partial charge < -0.3 is 18.0 Å². The summed E-state index contributed by atoms with van der Waals surface area (Å²) in [7, 11) is -1.90. The number of alkyl halides is 17. The first-order valence-corrected chi connectivity index (χ1v) is 12.3. The Kier molecular flexibility index (Phi) is 14.0. The van der Waals surface area contributed by atoms with Crippen LogP contribution in [-0.4, -0.2) is 116 Å². The van der Waals surface area contributed by atoms with Gasteiger partial charge in [0.25, 0.3) is 12.8 Å². The molecule has 4 nitrogen and oxygen atoms in total. The van der Waals surface area contributed by atoms with Gasteiger partial charge in [0.05, 0.1) is 0 Å². The van der Waals surface area contributed by atoms with Crippen LogP contribution in [0.2, 0.25) is 0 Å². The number of hydrogen-bond acceptors (Lipinski definition) is 4. The maximum absolute atomic E-state index is 14.1. The van der Waals surface area contributed by atoms with Gasteiger partial charge in [-0.3, -0.25) is 0 Å². The zero-order chi connectivity index (χ0) is 32.2. The molecule has 0 aliphatic rings. The zero-order valence-electron chi connectivity index (χ0n) is 20.4. The van der Waals surface area contributed by atoms with Gasteiger partial charge in [-0.1, -0.05) is 0 Å². The highest BCUT2D eigenvalue weighted by Gasteiger charge is 2.79. The topological polar surface area (TPSA) is 36.9 Å². The third-order valence-corrected chi connectivity index (χ3v) is 8.33. The summed E-state index contributed by atoms with van der Waals surface area (Å²) >= 11 is 0. The molecule has 0 spiro atoms. The van der Waals surface area contributed by atoms with Crippen molar-refractivity contribution >= 4 is 8.80 Å². The van der Waals surface area contributed by atoms with Gasteiger partial charge in [0.1, 0.15) is 5.73 Å². The Morgan fingerprint density at radius 1 is 0.500 bits per heavy atom. The molecule has 0 aromatic heterocycles. The molecule has 0 heterocycles. The number of ether oxygens (including phenoxy) is 1. The van der Waals surface area contributed by atoms with Crippen LogP contribution in [0.5, 0.6) is 0 Å². The molecule has 0 amide bonds. The molecular weight excluding hydrogens is 631 g/mol. The van der Waals surface area contributed by atoms with E-state index < -0.39 is 94.5 Å². The lowest BCUT2D eigenvalue weighted by Crippen LogP contribution is -2.65. The second-order valence-corrected chi connectivity index (χ2v) is 11.2. The minimum atomic E-state index is -7.33. The van der Waals surface area contributed by atoms with Crippen molar-refractivity contribution in [3.8, 4) is 0 Å². The van der Waals surface area contributed by atoms with Gasteiger partial charge in [0, 0.05) is 21.3 Å². The molecule has 0 bridgehead atoms. The lowest BCUT2D eigenvalue weighted by Gasteiger charge is -2.38. The smallest absolute Gasteiger partial charge is 0.375 e. The molecule has 0 N–H and O–H groups in total. The van der Waals surface area contributed by atoms with E-state index in [0.717, 1.165) is 21.3 Å². The van der Waals surface area contributed by atoms with Crippen molar-refractivity contribution in [2.24, 2.45) is 0 Å². The summed E-state index contributed by atoms with van der Waals surface area (Å²) in [6, 6.07) is 0. The standard InChI is InChI=1S/C18H23F17O4Si/c1-5(40(36-2,37-3)38-4)39-15(29)17(32,33)18(34,35)16(30,31)13(26)11(24)9(22)7(20)6(19)8(21)10(23)12(25)14(27)28/h5-15H,1-4H3. The molecule has 0 fully saturated rings. The molecule has 0 saturated heterocycles. The lowest BCUT2D eigenvalue weighted by molar-refractivity contribution is -0.370. The molecule has 0 aromatic rings. The summed E-state index contributed by atoms with van der Waals surface area (Å²) in [5.41, 5.74) is -2.15. The summed E-state index contributed by atoms with van der Waals surface area (Å²) in [6.07, 6.45) is -46.6. The third kappa shape index (κ3) is 7.44. The Bertz CT molecular complexity index is 756. The van der Waals surface area contributed by atoms with Crippen LogP contribution in [0.1, 0.15) is 6.92 Å². The Morgan fingerprint density at radius 3 is 1.15 bits per heavy atom. The predicted octanol–water partition coefficient (Wildman–Crippen LogP) is 5.98. The van der Waals surface area contributed by atoms with Crippen LogP contribution in [0.4, 0.5) is 74.6 Å². The second kappa shape index (κ2) is 14.4. The number of rotatable bonds is 18. The molecule has 0 radical (unpaired) electrons. The van der Waals surface area contributed by atoms with E-state index in [1.165, 1.54) is 0 Å². The largest absolute Gasteiger partial charge is 0.530 e. The van der Waals surface area contributed by atoms with Gasteiger partial charge in [0.15, 0.2) is 43.2 Å². The highest BCUT2D eigenvalue weighted by Crippen LogP contribution is 2.52. The summed E-state index contributed by atoms with van der Waals surface area (Å²) < 4.78 is 248. The average Bonchev–Trinajstić information content (AvgIpc) is 2.90. The van der Waals surface area contributed by atoms with Gasteiger partial charge in [-0.25, -0.2) is 48.3 Å². The summed E-state index contributed by atoms with van der Waals surface area (Å²) in [4.78, 5) is 0. The first kappa shape index (κ1) is 38.9. The lowest BCUT2D eigenvalue weighted by atomic mass is 9.92. The maximum Gasteiger partial charge on any atom is 0.530 e. The Balaban J connectivity index is 5.93. The summed E-state index contributed by atoms with van der Waals surface area (Å²) in [5, 5.41) is 0. The van der Waals surface area contributed by atoms with Crippen LogP contribution < -0.4 is 0 Å². The van der Waals surface area contributed by atoms with Gasteiger partial charge >= 0.3 is 26.6 Å². The SMILES string of the molecule is CO[Si](OC)(OC)C(C)OC(F)C(F)(F)C(F)(F)C(F)(F)C(F)C(F)C(F)C(F)C(F)C(F)C(F)C(F)C(F)F. The normalized spacial score (nSPS) is 21.8. The molecule has 0 saturated carbocycles. The fourth-order valence-electron chi connectivity index (χ4n) is 3.01. The minimum absolute atomic E-state index is 0.631. The van der Waals surface area contributed by atoms with Gasteiger partial charge in [0.2, 0.25) is 6.17 Å². The second-order valence-electron chi connectivity index (χ2n) is 7.98. The number of hydrogen-bond donors (Lipinski definition) is 0. The van der Waals surface area contributed by atoms with Crippen LogP contribution in [0.3, 0.4) is 0 Å². The summed E-state index contributed by atoms with van der Waals surface area (Å²) in [6.45, 7) is 0.631. The van der Waals surface area contributed by atoms with Crippen molar-refractivity contribution in [3.63, 3.8) is 0 Å². The minimum Gasteiger partial charge on any atom is -0.375 e. The predicted molar refractivity (Wildman–Crippen MR) is 102 cm³/mol. The monoisotopic (exact) mass is 654 g/mol. The van der Waals surface area contributed by atoms with Crippen molar-refractivity contribution in [3.05, 3.63) is 0 Å². The zero-order valence-corrected chi connectivity index (χ0v) is 21.4. The van der Waals surface area contributed by atoms with Crippen molar-refractivity contribution in [1.82, 2.24) is 0 Å². The van der Waals surface area contributed by atoms with Crippen LogP contribution in [-0.2, 0) is 18.0 Å². The van der Waals surface area contributed by atoms with Crippen molar-refractivity contribution < 1.29 is 92.7 Å². The first-order valence-electron chi connectivity index (χ1n) is 10.5. The van der Waals surface area contributed by atoms with E-state index in [2.05, 4.69) is 18.0 Å². The van der Waals surface area contributed by atoms with E-state index in [9.17, 15) is 74.6 Å². The van der Waals surface area contributed by atoms with E-state index >= 15 is 0 Å². The van der Waals surface area contributed by atoms with Gasteiger partial charge in [-0.15, -0.1) is 0 Å². The van der Waals surface area contributed by atoms with Crippen molar-refractivity contribution in [1.29, 1.82) is 0 Å². The Morgan fingerprint density at radius 2 is 0.825 bits per heavy atom. The fourth-order valence-corrected chi connectivity index (χ4v) is 4.79. The van der Waals surface area contributed by atoms with E-state index in [0.29, 0.717) is 6.92 Å². The molecule has 40 heavy (non-hydrogen) atoms. The summed E-state index contributed by atoms with van der Waals surface area (Å²) in [5.74, 6) is -21.3. The Labute approximate surface area is 216 Å². The molecule has 0 aromatic carbocycles. The van der Waals surface area contributed by atoms with E-state index in [1.54, 1.807) is 0 Å². The molecule has 242 valence electrons. The van der Waals surface area contributed by atoms with Crippen LogP contribution in [0, 0.1) is 0 Å². The van der Waals surface area contributed by atoms with Gasteiger partial charge in [-0.2, -0.15) is 26.3 Å². The molecule has 0 rings (SSSR count). The maximum atomic E-state index is 14.1. The highest BCUT2D eigenvalue weighted by atomic mass is 28.4. The van der Waals surface area contributed by atoms with Crippen molar-refractivity contribution in [2.45, 2.75) is 92.6 Å². The third-order valence-electron chi connectivity index (χ3n) is 5.49. The van der Waals surface area contributed by atoms with Crippen LogP contribution in [0.25, 0.3) is 0 Å². The molecule has 22 heteroatoms. The van der Waals surface area contributed by atoms with E-state index in [1.807, 2.05) is 0 Å². The quantitative estimate of drug-likeness (QED) is 0.135. The average molecular weight is 654 g/mol. The van der Waals surface area contributed by atoms with Crippen molar-refractivity contribution in [2.75, 3.05) is 21.3 Å². The van der Waals surface area contributed by atoms with E-state index in [-0.39, 0.29) is 0 Å². The Hall–Kier alpha value is -1.13. The number of halogens is 17. The first-order chi connectivity index (χ1) is 18.0. The van der Waals surface area contributed by atoms with Gasteiger partial charge in [-0.05, 0) is 6.92 Å². The molecule has 10 unspecified atom stereocenters. The molecular formula is C18H23F17O4Si. The van der Waals surface area contributed by atoms with Crippen LogP contribution in [0.15, 0.2) is 0 Å². The molecule has 10 atom stereocenters.